The molecule has 48 heavy (non-hydrogen) atoms. The van der Waals surface area contributed by atoms with Crippen molar-refractivity contribution in [3.63, 3.8) is 0 Å². The highest BCUT2D eigenvalue weighted by atomic mass is 31.2. The molecule has 5 rings (SSSR count). The van der Waals surface area contributed by atoms with Crippen LogP contribution in [0.1, 0.15) is 32.6 Å². The number of amides is 1. The van der Waals surface area contributed by atoms with Crippen LogP contribution >= 0.6 is 7.82 Å². The van der Waals surface area contributed by atoms with Gasteiger partial charge in [-0.1, -0.05) is 121 Å². The van der Waals surface area contributed by atoms with Gasteiger partial charge in [-0.05, 0) is 40.5 Å². The van der Waals surface area contributed by atoms with Crippen LogP contribution in [0.15, 0.2) is 140 Å². The number of phosphoric ester groups is 1. The topological polar surface area (TPSA) is 101 Å². The van der Waals surface area contributed by atoms with E-state index in [1.807, 2.05) is 121 Å². The maximum absolute atomic E-state index is 14.1. The Hall–Kier alpha value is -5.21. The molecule has 9 nitrogen and oxygen atoms in total. The van der Waals surface area contributed by atoms with Gasteiger partial charge in [0.25, 0.3) is 0 Å². The number of benzene rings is 5. The molecular formula is C38H36NO8P. The number of rotatable bonds is 16. The van der Waals surface area contributed by atoms with Gasteiger partial charge in [0.2, 0.25) is 0 Å². The van der Waals surface area contributed by atoms with Crippen molar-refractivity contribution >= 4 is 19.7 Å². The predicted octanol–water partition coefficient (Wildman–Crippen LogP) is 8.64. The molecule has 10 heteroatoms. The maximum Gasteiger partial charge on any atom is 0.530 e. The summed E-state index contributed by atoms with van der Waals surface area (Å²) in [6.07, 6.45) is -0.639. The summed E-state index contributed by atoms with van der Waals surface area (Å²) in [4.78, 5) is 27.1. The molecule has 0 atom stereocenters. The molecule has 0 heterocycles. The molecule has 0 unspecified atom stereocenters. The lowest BCUT2D eigenvalue weighted by Crippen LogP contribution is -2.32. The number of ketones is 1. The first-order valence-electron chi connectivity index (χ1n) is 15.3. The lowest BCUT2D eigenvalue weighted by Gasteiger charge is -2.21. The zero-order chi connectivity index (χ0) is 33.6. The molecule has 5 aromatic carbocycles. The molecule has 1 amide bonds. The summed E-state index contributed by atoms with van der Waals surface area (Å²) in [5, 5.41) is 0. The summed E-state index contributed by atoms with van der Waals surface area (Å²) < 4.78 is 43.2. The fourth-order valence-electron chi connectivity index (χ4n) is 4.47. The van der Waals surface area contributed by atoms with E-state index in [-0.39, 0.29) is 55.8 Å². The summed E-state index contributed by atoms with van der Waals surface area (Å²) in [5.41, 5.74) is 3.50. The van der Waals surface area contributed by atoms with E-state index in [0.717, 1.165) is 22.3 Å². The Kier molecular flexibility index (Phi) is 12.2. The molecule has 0 aliphatic heterocycles. The van der Waals surface area contributed by atoms with Gasteiger partial charge in [-0.15, -0.1) is 0 Å². The summed E-state index contributed by atoms with van der Waals surface area (Å²) >= 11 is 0. The molecule has 5 aromatic rings. The third-order valence-electron chi connectivity index (χ3n) is 7.07. The molecule has 246 valence electrons. The van der Waals surface area contributed by atoms with Crippen molar-refractivity contribution in [1.29, 1.82) is 0 Å². The predicted molar refractivity (Wildman–Crippen MR) is 181 cm³/mol. The van der Waals surface area contributed by atoms with Crippen molar-refractivity contribution in [1.82, 2.24) is 4.90 Å². The average Bonchev–Trinajstić information content (AvgIpc) is 3.13. The second-order valence-electron chi connectivity index (χ2n) is 10.8. The number of nitrogens with zero attached hydrogens (tertiary/aromatic N) is 1. The van der Waals surface area contributed by atoms with Crippen molar-refractivity contribution in [3.05, 3.63) is 167 Å². The summed E-state index contributed by atoms with van der Waals surface area (Å²) in [6, 6.07) is 41.7. The standard InChI is InChI=1S/C38H36NO8P/c1-39(38(41)44-27-31-16-8-3-9-17-31)25-35(40)34-22-23-36(37(24-34)43-26-30-14-6-2-7-15-30)47-48(42,45-28-32-18-10-4-11-19-32)46-29-33-20-12-5-13-21-33/h2-24H,25-29H2,1H3. The lowest BCUT2D eigenvalue weighted by molar-refractivity contribution is 0.0850. The average molecular weight is 666 g/mol. The molecule has 0 aliphatic rings. The first kappa shape index (κ1) is 34.1. The minimum atomic E-state index is -4.24. The van der Waals surface area contributed by atoms with Gasteiger partial charge in [-0.2, -0.15) is 0 Å². The number of carbonyl (C=O) groups is 2. The lowest BCUT2D eigenvalue weighted by atomic mass is 10.1. The molecule has 0 saturated heterocycles. The van der Waals surface area contributed by atoms with E-state index in [1.54, 1.807) is 0 Å². The van der Waals surface area contributed by atoms with Crippen LogP contribution in [-0.4, -0.2) is 30.4 Å². The largest absolute Gasteiger partial charge is 0.530 e. The fraction of sp³-hybridized carbons (Fsp3) is 0.158. The molecule has 0 bridgehead atoms. The molecule has 0 fully saturated rings. The number of hydrogen-bond donors (Lipinski definition) is 0. The van der Waals surface area contributed by atoms with Crippen molar-refractivity contribution in [2.45, 2.75) is 26.4 Å². The maximum atomic E-state index is 14.1. The second kappa shape index (κ2) is 17.1. The zero-order valence-corrected chi connectivity index (χ0v) is 27.4. The van der Waals surface area contributed by atoms with Gasteiger partial charge >= 0.3 is 13.9 Å². The molecular weight excluding hydrogens is 629 g/mol. The van der Waals surface area contributed by atoms with E-state index in [4.69, 9.17) is 23.0 Å². The molecule has 0 aromatic heterocycles. The van der Waals surface area contributed by atoms with Gasteiger partial charge in [0.05, 0.1) is 19.8 Å². The SMILES string of the molecule is CN(CC(=O)c1ccc(OP(=O)(OCc2ccccc2)OCc2ccccc2)c(OCc2ccccc2)c1)C(=O)OCc1ccccc1. The van der Waals surface area contributed by atoms with E-state index in [9.17, 15) is 14.2 Å². The Morgan fingerprint density at radius 2 is 1.04 bits per heavy atom. The first-order chi connectivity index (χ1) is 23.4. The highest BCUT2D eigenvalue weighted by Gasteiger charge is 2.31. The Bertz CT molecular complexity index is 1760. The van der Waals surface area contributed by atoms with Crippen molar-refractivity contribution in [2.75, 3.05) is 13.6 Å². The monoisotopic (exact) mass is 665 g/mol. The van der Waals surface area contributed by atoms with E-state index in [0.29, 0.717) is 0 Å². The van der Waals surface area contributed by atoms with Gasteiger partial charge in [-0.25, -0.2) is 9.36 Å². The number of Topliss-reactive ketones (excluding diaryl/α,β-unsaturated/α-hetero) is 1. The van der Waals surface area contributed by atoms with Gasteiger partial charge < -0.3 is 18.9 Å². The Morgan fingerprint density at radius 3 is 1.54 bits per heavy atom. The smallest absolute Gasteiger partial charge is 0.485 e. The molecule has 0 aliphatic carbocycles. The van der Waals surface area contributed by atoms with Crippen LogP contribution in [0.4, 0.5) is 4.79 Å². The zero-order valence-electron chi connectivity index (χ0n) is 26.5. The Labute approximate surface area is 280 Å². The summed E-state index contributed by atoms with van der Waals surface area (Å²) in [7, 11) is -2.75. The number of phosphoric acid groups is 1. The number of likely N-dealkylation sites (N-methyl/N-ethyl adjacent to an activating group) is 1. The van der Waals surface area contributed by atoms with Crippen LogP contribution in [-0.2, 0) is 44.8 Å². The fourth-order valence-corrected chi connectivity index (χ4v) is 5.66. The normalized spacial score (nSPS) is 11.0. The minimum Gasteiger partial charge on any atom is -0.485 e. The molecule has 0 N–H and O–H groups in total. The van der Waals surface area contributed by atoms with Gasteiger partial charge in [-0.3, -0.25) is 13.8 Å². The van der Waals surface area contributed by atoms with Crippen LogP contribution in [0.3, 0.4) is 0 Å². The number of hydrogen-bond acceptors (Lipinski definition) is 8. The van der Waals surface area contributed by atoms with Crippen LogP contribution in [0.2, 0.25) is 0 Å². The van der Waals surface area contributed by atoms with Crippen molar-refractivity contribution < 1.29 is 37.2 Å². The van der Waals surface area contributed by atoms with Gasteiger partial charge in [0.15, 0.2) is 17.3 Å². The number of ether oxygens (including phenoxy) is 2. The molecule has 0 radical (unpaired) electrons. The Morgan fingerprint density at radius 1 is 0.583 bits per heavy atom. The minimum absolute atomic E-state index is 0.0314. The van der Waals surface area contributed by atoms with E-state index >= 15 is 0 Å². The molecule has 0 spiro atoms. The van der Waals surface area contributed by atoms with Crippen LogP contribution in [0, 0.1) is 0 Å². The molecule has 0 saturated carbocycles. The third kappa shape index (κ3) is 10.4. The van der Waals surface area contributed by atoms with E-state index < -0.39 is 13.9 Å². The highest BCUT2D eigenvalue weighted by Crippen LogP contribution is 2.53. The quantitative estimate of drug-likeness (QED) is 0.0763. The van der Waals surface area contributed by atoms with Gasteiger partial charge in [0, 0.05) is 12.6 Å². The summed E-state index contributed by atoms with van der Waals surface area (Å²) in [6.45, 7) is -0.0847. The Balaban J connectivity index is 1.34. The second-order valence-corrected chi connectivity index (χ2v) is 12.4. The van der Waals surface area contributed by atoms with Gasteiger partial charge in [0.1, 0.15) is 13.2 Å². The van der Waals surface area contributed by atoms with E-state index in [1.165, 1.54) is 30.1 Å². The first-order valence-corrected chi connectivity index (χ1v) is 16.8. The van der Waals surface area contributed by atoms with E-state index in [2.05, 4.69) is 0 Å². The van der Waals surface area contributed by atoms with Crippen LogP contribution in [0.5, 0.6) is 11.5 Å². The summed E-state index contributed by atoms with van der Waals surface area (Å²) in [5.74, 6) is -0.164. The highest BCUT2D eigenvalue weighted by molar-refractivity contribution is 7.48. The van der Waals surface area contributed by atoms with Crippen LogP contribution in [0.25, 0.3) is 0 Å². The third-order valence-corrected chi connectivity index (χ3v) is 8.39. The number of carbonyl (C=O) groups excluding carboxylic acids is 2. The van der Waals surface area contributed by atoms with Crippen LogP contribution < -0.4 is 9.26 Å². The van der Waals surface area contributed by atoms with Crippen molar-refractivity contribution in [2.24, 2.45) is 0 Å². The van der Waals surface area contributed by atoms with Crippen molar-refractivity contribution in [3.8, 4) is 11.5 Å².